The van der Waals surface area contributed by atoms with Crippen molar-refractivity contribution in [3.63, 3.8) is 0 Å². The lowest BCUT2D eigenvalue weighted by molar-refractivity contribution is -0.185. The zero-order valence-electron chi connectivity index (χ0n) is 15.6. The van der Waals surface area contributed by atoms with Gasteiger partial charge in [0.1, 0.15) is 0 Å². The normalized spacial score (nSPS) is 22.8. The van der Waals surface area contributed by atoms with Gasteiger partial charge in [0.2, 0.25) is 0 Å². The van der Waals surface area contributed by atoms with Gasteiger partial charge in [-0.2, -0.15) is 0 Å². The number of carbonyl (C=O) groups is 2. The van der Waals surface area contributed by atoms with Crippen LogP contribution >= 0.6 is 0 Å². The van der Waals surface area contributed by atoms with Crippen molar-refractivity contribution in [2.45, 2.75) is 43.9 Å². The maximum absolute atomic E-state index is 13.1. The zero-order valence-corrected chi connectivity index (χ0v) is 15.6. The summed E-state index contributed by atoms with van der Waals surface area (Å²) in [5, 5.41) is 14.2. The third kappa shape index (κ3) is 3.34. The van der Waals surface area contributed by atoms with Gasteiger partial charge in [-0.1, -0.05) is 79.9 Å². The highest BCUT2D eigenvalue weighted by Crippen LogP contribution is 2.43. The number of ether oxygens (including phenoxy) is 1. The topological polar surface area (TPSA) is 75.6 Å². The fourth-order valence-electron chi connectivity index (χ4n) is 4.01. The predicted molar refractivity (Wildman–Crippen MR) is 106 cm³/mol. The van der Waals surface area contributed by atoms with Crippen molar-refractivity contribution in [3.05, 3.63) is 71.8 Å². The molecule has 1 amide bonds. The number of esters is 1. The van der Waals surface area contributed by atoms with Gasteiger partial charge in [0, 0.05) is 6.04 Å². The Balaban J connectivity index is 1.78. The van der Waals surface area contributed by atoms with Crippen LogP contribution in [0.15, 0.2) is 60.7 Å². The summed E-state index contributed by atoms with van der Waals surface area (Å²) in [6, 6.07) is 17.9. The minimum Gasteiger partial charge on any atom is -0.415 e. The number of nitrogens with one attached hydrogen (secondary N) is 1. The average Bonchev–Trinajstić information content (AvgIpc) is 3.01. The molecule has 0 bridgehead atoms. The molecule has 1 saturated carbocycles. The number of aliphatic hydroxyl groups is 1. The van der Waals surface area contributed by atoms with E-state index >= 15 is 0 Å². The van der Waals surface area contributed by atoms with Gasteiger partial charge in [-0.3, -0.25) is 4.79 Å². The first-order valence-corrected chi connectivity index (χ1v) is 9.72. The van der Waals surface area contributed by atoms with Crippen molar-refractivity contribution >= 4 is 23.0 Å². The standard InChI is InChI=1S/C23H23NO4/c25-21-19(16-10-4-1-5-11-16)20(17-12-6-2-7-13-17)23(27,28-21)22(26)24-18-14-8-3-9-15-18/h1-2,4-7,10-13,18,27H,3,8-9,14-15H2,(H,24,26). The monoisotopic (exact) mass is 377 g/mol. The van der Waals surface area contributed by atoms with E-state index in [4.69, 9.17) is 4.74 Å². The number of carbonyl (C=O) groups excluding carboxylic acids is 2. The molecule has 144 valence electrons. The Kier molecular flexibility index (Phi) is 5.01. The van der Waals surface area contributed by atoms with Crippen molar-refractivity contribution in [1.29, 1.82) is 0 Å². The van der Waals surface area contributed by atoms with Crippen LogP contribution < -0.4 is 5.32 Å². The van der Waals surface area contributed by atoms with E-state index in [9.17, 15) is 14.7 Å². The lowest BCUT2D eigenvalue weighted by atomic mass is 9.90. The number of hydrogen-bond donors (Lipinski definition) is 2. The summed E-state index contributed by atoms with van der Waals surface area (Å²) < 4.78 is 5.32. The van der Waals surface area contributed by atoms with Crippen molar-refractivity contribution in [3.8, 4) is 0 Å². The zero-order chi connectivity index (χ0) is 19.6. The molecule has 2 aromatic rings. The first-order chi connectivity index (χ1) is 13.6. The summed E-state index contributed by atoms with van der Waals surface area (Å²) >= 11 is 0. The van der Waals surface area contributed by atoms with Crippen LogP contribution in [0.4, 0.5) is 0 Å². The molecule has 0 spiro atoms. The first kappa shape index (κ1) is 18.4. The van der Waals surface area contributed by atoms with E-state index in [0.717, 1.165) is 32.1 Å². The van der Waals surface area contributed by atoms with Gasteiger partial charge in [0.05, 0.1) is 11.1 Å². The molecule has 28 heavy (non-hydrogen) atoms. The Hall–Kier alpha value is -2.92. The summed E-state index contributed by atoms with van der Waals surface area (Å²) in [6.45, 7) is 0. The SMILES string of the molecule is O=C1OC(O)(C(=O)NC2CCCCC2)C(c2ccccc2)=C1c1ccccc1. The van der Waals surface area contributed by atoms with Crippen LogP contribution in [-0.4, -0.2) is 28.8 Å². The molecule has 1 heterocycles. The summed E-state index contributed by atoms with van der Waals surface area (Å²) in [5.41, 5.74) is 1.59. The van der Waals surface area contributed by atoms with Gasteiger partial charge >= 0.3 is 11.8 Å². The molecular formula is C23H23NO4. The Morgan fingerprint density at radius 1 is 0.929 bits per heavy atom. The fourth-order valence-corrected chi connectivity index (χ4v) is 4.01. The second kappa shape index (κ2) is 7.60. The number of cyclic esters (lactones) is 1. The number of hydrogen-bond acceptors (Lipinski definition) is 4. The largest absolute Gasteiger partial charge is 0.415 e. The maximum atomic E-state index is 13.1. The van der Waals surface area contributed by atoms with E-state index in [0.29, 0.717) is 11.1 Å². The molecule has 1 atom stereocenters. The first-order valence-electron chi connectivity index (χ1n) is 9.72. The summed E-state index contributed by atoms with van der Waals surface area (Å²) in [6.07, 6.45) is 4.97. The van der Waals surface area contributed by atoms with E-state index in [2.05, 4.69) is 5.32 Å². The summed E-state index contributed by atoms with van der Waals surface area (Å²) in [5.74, 6) is -3.73. The highest BCUT2D eigenvalue weighted by molar-refractivity contribution is 6.31. The van der Waals surface area contributed by atoms with E-state index in [1.165, 1.54) is 0 Å². The van der Waals surface area contributed by atoms with E-state index in [-0.39, 0.29) is 17.2 Å². The van der Waals surface area contributed by atoms with Crippen LogP contribution in [0, 0.1) is 0 Å². The van der Waals surface area contributed by atoms with Crippen molar-refractivity contribution in [1.82, 2.24) is 5.32 Å². The van der Waals surface area contributed by atoms with E-state index < -0.39 is 17.7 Å². The van der Waals surface area contributed by atoms with Crippen molar-refractivity contribution < 1.29 is 19.4 Å². The highest BCUT2D eigenvalue weighted by Gasteiger charge is 2.53. The van der Waals surface area contributed by atoms with Crippen molar-refractivity contribution in [2.75, 3.05) is 0 Å². The molecule has 1 fully saturated rings. The lowest BCUT2D eigenvalue weighted by Crippen LogP contribution is -2.51. The molecule has 0 aromatic heterocycles. The second-order valence-electron chi connectivity index (χ2n) is 7.32. The van der Waals surface area contributed by atoms with Crippen LogP contribution in [0.1, 0.15) is 43.2 Å². The predicted octanol–water partition coefficient (Wildman–Crippen LogP) is 3.29. The molecule has 1 unspecified atom stereocenters. The Labute approximate surface area is 164 Å². The van der Waals surface area contributed by atoms with Crippen LogP contribution in [0.5, 0.6) is 0 Å². The van der Waals surface area contributed by atoms with E-state index in [1.54, 1.807) is 48.5 Å². The lowest BCUT2D eigenvalue weighted by Gasteiger charge is -2.29. The number of amides is 1. The van der Waals surface area contributed by atoms with Crippen LogP contribution in [0.25, 0.3) is 11.1 Å². The van der Waals surface area contributed by atoms with Gasteiger partial charge < -0.3 is 15.2 Å². The average molecular weight is 377 g/mol. The summed E-state index contributed by atoms with van der Waals surface area (Å²) in [4.78, 5) is 25.8. The van der Waals surface area contributed by atoms with Gasteiger partial charge in [0.25, 0.3) is 5.91 Å². The molecule has 0 radical (unpaired) electrons. The third-order valence-electron chi connectivity index (χ3n) is 5.41. The van der Waals surface area contributed by atoms with Gasteiger partial charge in [-0.25, -0.2) is 4.79 Å². The third-order valence-corrected chi connectivity index (χ3v) is 5.41. The molecule has 5 heteroatoms. The van der Waals surface area contributed by atoms with Gasteiger partial charge in [-0.15, -0.1) is 0 Å². The van der Waals surface area contributed by atoms with Gasteiger partial charge in [-0.05, 0) is 24.0 Å². The minimum absolute atomic E-state index is 0.0122. The second-order valence-corrected chi connectivity index (χ2v) is 7.32. The smallest absolute Gasteiger partial charge is 0.342 e. The Morgan fingerprint density at radius 2 is 1.50 bits per heavy atom. The molecule has 4 rings (SSSR count). The van der Waals surface area contributed by atoms with Crippen LogP contribution in [0.3, 0.4) is 0 Å². The van der Waals surface area contributed by atoms with E-state index in [1.807, 2.05) is 12.1 Å². The Bertz CT molecular complexity index is 901. The number of rotatable bonds is 4. The molecule has 0 saturated heterocycles. The molecule has 2 aliphatic rings. The fraction of sp³-hybridized carbons (Fsp3) is 0.304. The van der Waals surface area contributed by atoms with Crippen molar-refractivity contribution in [2.24, 2.45) is 0 Å². The maximum Gasteiger partial charge on any atom is 0.342 e. The molecule has 1 aliphatic carbocycles. The Morgan fingerprint density at radius 3 is 2.11 bits per heavy atom. The quantitative estimate of drug-likeness (QED) is 0.802. The van der Waals surface area contributed by atoms with Gasteiger partial charge in [0.15, 0.2) is 0 Å². The molecular weight excluding hydrogens is 354 g/mol. The molecule has 2 aromatic carbocycles. The summed E-state index contributed by atoms with van der Waals surface area (Å²) in [7, 11) is 0. The minimum atomic E-state index is -2.35. The molecule has 2 N–H and O–H groups in total. The molecule has 5 nitrogen and oxygen atoms in total. The van der Waals surface area contributed by atoms with Crippen LogP contribution in [-0.2, 0) is 14.3 Å². The molecule has 1 aliphatic heterocycles. The number of benzene rings is 2. The highest BCUT2D eigenvalue weighted by atomic mass is 16.7. The van der Waals surface area contributed by atoms with Crippen LogP contribution in [0.2, 0.25) is 0 Å².